The number of imidazole rings is 1. The Morgan fingerprint density at radius 3 is 2.57 bits per heavy atom. The molecule has 1 aromatic heterocycles. The molecular weight excluding hydrogens is 442 g/mol. The molecule has 35 heavy (non-hydrogen) atoms. The molecule has 0 bridgehead atoms. The number of anilines is 1. The zero-order valence-electron chi connectivity index (χ0n) is 21.1. The second-order valence-electron chi connectivity index (χ2n) is 8.87. The van der Waals surface area contributed by atoms with Crippen LogP contribution in [0.25, 0.3) is 11.0 Å². The summed E-state index contributed by atoms with van der Waals surface area (Å²) < 4.78 is 19.1. The fourth-order valence-electron chi connectivity index (χ4n) is 4.70. The lowest BCUT2D eigenvalue weighted by Crippen LogP contribution is -2.29. The number of carbonyl (C=O) groups is 1. The van der Waals surface area contributed by atoms with Gasteiger partial charge in [-0.15, -0.1) is 0 Å². The molecule has 2 heterocycles. The average molecular weight is 478 g/mol. The summed E-state index contributed by atoms with van der Waals surface area (Å²) in [5.41, 5.74) is 3.83. The average Bonchev–Trinajstić information content (AvgIpc) is 3.24. The molecule has 0 fully saturated rings. The summed E-state index contributed by atoms with van der Waals surface area (Å²) in [7, 11) is 3.26. The summed E-state index contributed by atoms with van der Waals surface area (Å²) in [6.07, 6.45) is 6.79. The van der Waals surface area contributed by atoms with E-state index in [1.54, 1.807) is 14.2 Å². The third kappa shape index (κ3) is 5.14. The van der Waals surface area contributed by atoms with E-state index in [4.69, 9.17) is 19.2 Å². The zero-order valence-corrected chi connectivity index (χ0v) is 21.1. The number of nitrogens with one attached hydrogen (secondary N) is 1. The van der Waals surface area contributed by atoms with Crippen molar-refractivity contribution >= 4 is 23.0 Å². The highest BCUT2D eigenvalue weighted by atomic mass is 16.5. The number of allylic oxidation sites excluding steroid dienone is 1. The van der Waals surface area contributed by atoms with E-state index >= 15 is 0 Å². The smallest absolute Gasteiger partial charge is 0.338 e. The Labute approximate surface area is 207 Å². The highest BCUT2D eigenvalue weighted by Gasteiger charge is 2.36. The Morgan fingerprint density at radius 2 is 1.80 bits per heavy atom. The second kappa shape index (κ2) is 11.3. The third-order valence-electron chi connectivity index (χ3n) is 6.51. The number of carbonyl (C=O) groups excluding carboxylic acids is 1. The van der Waals surface area contributed by atoms with Crippen molar-refractivity contribution in [3.05, 3.63) is 59.3 Å². The van der Waals surface area contributed by atoms with Gasteiger partial charge in [0.25, 0.3) is 0 Å². The topological polar surface area (TPSA) is 74.6 Å². The molecule has 1 atom stereocenters. The summed E-state index contributed by atoms with van der Waals surface area (Å²) >= 11 is 0. The van der Waals surface area contributed by atoms with Gasteiger partial charge in [-0.1, -0.05) is 51.2 Å². The van der Waals surface area contributed by atoms with Crippen LogP contribution in [0.4, 0.5) is 5.95 Å². The van der Waals surface area contributed by atoms with Gasteiger partial charge in [0.05, 0.1) is 43.5 Å². The molecule has 1 N–H and O–H groups in total. The van der Waals surface area contributed by atoms with E-state index in [9.17, 15) is 4.79 Å². The van der Waals surface area contributed by atoms with Crippen LogP contribution in [0.1, 0.15) is 64.0 Å². The first kappa shape index (κ1) is 24.6. The summed E-state index contributed by atoms with van der Waals surface area (Å²) in [6, 6.07) is 13.0. The van der Waals surface area contributed by atoms with E-state index < -0.39 is 6.04 Å². The first-order chi connectivity index (χ1) is 17.1. The van der Waals surface area contributed by atoms with Crippen molar-refractivity contribution < 1.29 is 19.0 Å². The number of hydrogen-bond donors (Lipinski definition) is 1. The molecule has 2 aromatic carbocycles. The number of methoxy groups -OCH3 is 2. The van der Waals surface area contributed by atoms with Gasteiger partial charge >= 0.3 is 5.97 Å². The monoisotopic (exact) mass is 477 g/mol. The van der Waals surface area contributed by atoms with Crippen molar-refractivity contribution in [1.82, 2.24) is 9.55 Å². The van der Waals surface area contributed by atoms with Gasteiger partial charge in [-0.2, -0.15) is 0 Å². The number of esters is 1. The molecule has 0 radical (unpaired) electrons. The number of rotatable bonds is 11. The van der Waals surface area contributed by atoms with Crippen LogP contribution in [0.2, 0.25) is 0 Å². The first-order valence-electron chi connectivity index (χ1n) is 12.4. The number of aromatic nitrogens is 2. The van der Waals surface area contributed by atoms with Gasteiger partial charge in [-0.3, -0.25) is 4.57 Å². The fourth-order valence-corrected chi connectivity index (χ4v) is 4.70. The van der Waals surface area contributed by atoms with Gasteiger partial charge in [0, 0.05) is 11.3 Å². The molecule has 3 aromatic rings. The highest BCUT2D eigenvalue weighted by molar-refractivity contribution is 5.94. The normalized spacial score (nSPS) is 15.0. The molecule has 0 spiro atoms. The number of benzene rings is 2. The van der Waals surface area contributed by atoms with Crippen LogP contribution in [0.15, 0.2) is 53.7 Å². The van der Waals surface area contributed by atoms with Gasteiger partial charge in [-0.25, -0.2) is 9.78 Å². The van der Waals surface area contributed by atoms with Crippen molar-refractivity contribution in [3.8, 4) is 11.5 Å². The maximum absolute atomic E-state index is 13.5. The molecule has 1 aliphatic heterocycles. The molecule has 7 nitrogen and oxygen atoms in total. The predicted molar refractivity (Wildman–Crippen MR) is 138 cm³/mol. The molecule has 4 rings (SSSR count). The van der Waals surface area contributed by atoms with E-state index in [0.717, 1.165) is 35.1 Å². The Kier molecular flexibility index (Phi) is 7.95. The quantitative estimate of drug-likeness (QED) is 0.260. The third-order valence-corrected chi connectivity index (χ3v) is 6.51. The highest BCUT2D eigenvalue weighted by Crippen LogP contribution is 2.43. The lowest BCUT2D eigenvalue weighted by Gasteiger charge is -2.31. The number of unbranched alkanes of at least 4 members (excludes halogenated alkanes) is 5. The standard InChI is InChI=1S/C28H35N3O4/c1-5-6-7-8-9-12-17-35-27(32)25-19(2)29-28-30-22-13-10-11-14-23(22)31(28)26(25)21-18-20(33-3)15-16-24(21)34-4/h10-11,13-16,18,26H,5-9,12,17H2,1-4H3,(H,29,30). The van der Waals surface area contributed by atoms with Crippen LogP contribution in [0.5, 0.6) is 11.5 Å². The summed E-state index contributed by atoms with van der Waals surface area (Å²) in [5, 5.41) is 3.33. The Balaban J connectivity index is 1.71. The molecule has 7 heteroatoms. The van der Waals surface area contributed by atoms with Gasteiger partial charge in [0.2, 0.25) is 5.95 Å². The number of hydrogen-bond acceptors (Lipinski definition) is 6. The van der Waals surface area contributed by atoms with Gasteiger partial charge in [0.1, 0.15) is 11.5 Å². The van der Waals surface area contributed by atoms with Crippen LogP contribution in [0, 0.1) is 0 Å². The minimum Gasteiger partial charge on any atom is -0.497 e. The number of fused-ring (bicyclic) bond motifs is 3. The van der Waals surface area contributed by atoms with Crippen LogP contribution in [0.3, 0.4) is 0 Å². The van der Waals surface area contributed by atoms with Crippen LogP contribution < -0.4 is 14.8 Å². The Hall–Kier alpha value is -3.48. The molecular formula is C28H35N3O4. The van der Waals surface area contributed by atoms with E-state index in [1.807, 2.05) is 54.0 Å². The van der Waals surface area contributed by atoms with E-state index in [-0.39, 0.29) is 5.97 Å². The van der Waals surface area contributed by atoms with Gasteiger partial charge in [-0.05, 0) is 43.7 Å². The molecule has 1 unspecified atom stereocenters. The lowest BCUT2D eigenvalue weighted by molar-refractivity contribution is -0.139. The van der Waals surface area contributed by atoms with Crippen molar-refractivity contribution in [2.45, 2.75) is 58.4 Å². The summed E-state index contributed by atoms with van der Waals surface area (Å²) in [6.45, 7) is 4.50. The van der Waals surface area contributed by atoms with Crippen molar-refractivity contribution in [2.75, 3.05) is 26.1 Å². The van der Waals surface area contributed by atoms with Gasteiger partial charge < -0.3 is 19.5 Å². The molecule has 0 amide bonds. The minimum atomic E-state index is -0.485. The van der Waals surface area contributed by atoms with Crippen molar-refractivity contribution in [1.29, 1.82) is 0 Å². The van der Waals surface area contributed by atoms with E-state index in [2.05, 4.69) is 12.2 Å². The molecule has 0 saturated heterocycles. The molecule has 1 aliphatic rings. The number of nitrogens with zero attached hydrogens (tertiary/aromatic N) is 2. The first-order valence-corrected chi connectivity index (χ1v) is 12.4. The van der Waals surface area contributed by atoms with Crippen molar-refractivity contribution in [3.63, 3.8) is 0 Å². The SMILES string of the molecule is CCCCCCCCOC(=O)C1=C(C)Nc2nc3ccccc3n2C1c1cc(OC)ccc1OC. The largest absolute Gasteiger partial charge is 0.497 e. The predicted octanol–water partition coefficient (Wildman–Crippen LogP) is 6.25. The van der Waals surface area contributed by atoms with Gasteiger partial charge in [0.15, 0.2) is 0 Å². The van der Waals surface area contributed by atoms with Crippen molar-refractivity contribution in [2.24, 2.45) is 0 Å². The second-order valence-corrected chi connectivity index (χ2v) is 8.87. The Bertz CT molecular complexity index is 1210. The minimum absolute atomic E-state index is 0.332. The maximum Gasteiger partial charge on any atom is 0.338 e. The molecule has 186 valence electrons. The van der Waals surface area contributed by atoms with Crippen LogP contribution >= 0.6 is 0 Å². The fraction of sp³-hybridized carbons (Fsp3) is 0.429. The zero-order chi connectivity index (χ0) is 24.8. The number of ether oxygens (including phenoxy) is 3. The van der Waals surface area contributed by atoms with E-state index in [1.165, 1.54) is 25.7 Å². The molecule has 0 aliphatic carbocycles. The van der Waals surface area contributed by atoms with Crippen LogP contribution in [-0.2, 0) is 9.53 Å². The number of para-hydroxylation sites is 2. The maximum atomic E-state index is 13.5. The summed E-state index contributed by atoms with van der Waals surface area (Å²) in [5.74, 6) is 1.69. The summed E-state index contributed by atoms with van der Waals surface area (Å²) in [4.78, 5) is 18.3. The lowest BCUT2D eigenvalue weighted by atomic mass is 9.94. The van der Waals surface area contributed by atoms with E-state index in [0.29, 0.717) is 29.6 Å². The van der Waals surface area contributed by atoms with Crippen LogP contribution in [-0.4, -0.2) is 36.3 Å². The Morgan fingerprint density at radius 1 is 1.03 bits per heavy atom. The molecule has 0 saturated carbocycles.